The smallest absolute Gasteiger partial charge is 0.168 e. The van der Waals surface area contributed by atoms with E-state index in [-0.39, 0.29) is 6.61 Å². The first-order valence-electron chi connectivity index (χ1n) is 3.63. The van der Waals surface area contributed by atoms with Gasteiger partial charge in [0, 0.05) is 13.5 Å². The molecule has 1 heterocycles. The predicted molar refractivity (Wildman–Crippen MR) is 38.0 cm³/mol. The number of rotatable bonds is 2. The second-order valence-electron chi connectivity index (χ2n) is 2.95. The lowest BCUT2D eigenvalue weighted by molar-refractivity contribution is -0.204. The van der Waals surface area contributed by atoms with Crippen LogP contribution in [0.5, 0.6) is 0 Å². The standard InChI is InChI=1S/C7H14O4/c1-7(10-2)3-5(9)6(4-8)11-7/h5-6,8-9H,3-4H2,1-2H3/t5?,6-,7+/m0/s1. The van der Waals surface area contributed by atoms with E-state index in [1.807, 2.05) is 0 Å². The number of ether oxygens (including phenoxy) is 2. The molecule has 1 fully saturated rings. The van der Waals surface area contributed by atoms with Gasteiger partial charge in [-0.2, -0.15) is 0 Å². The third kappa shape index (κ3) is 1.70. The monoisotopic (exact) mass is 162 g/mol. The van der Waals surface area contributed by atoms with Gasteiger partial charge in [0.15, 0.2) is 5.79 Å². The quantitative estimate of drug-likeness (QED) is 0.574. The minimum atomic E-state index is -0.729. The van der Waals surface area contributed by atoms with Gasteiger partial charge in [0.1, 0.15) is 6.10 Å². The van der Waals surface area contributed by atoms with E-state index in [4.69, 9.17) is 14.6 Å². The van der Waals surface area contributed by atoms with Crippen LogP contribution < -0.4 is 0 Å². The highest BCUT2D eigenvalue weighted by atomic mass is 16.7. The van der Waals surface area contributed by atoms with Crippen LogP contribution in [0, 0.1) is 0 Å². The molecule has 0 saturated carbocycles. The number of hydrogen-bond donors (Lipinski definition) is 2. The van der Waals surface area contributed by atoms with Gasteiger partial charge in [-0.1, -0.05) is 0 Å². The lowest BCUT2D eigenvalue weighted by atomic mass is 10.1. The normalized spacial score (nSPS) is 44.7. The number of aliphatic hydroxyl groups is 2. The first-order chi connectivity index (χ1) is 5.11. The molecular formula is C7H14O4. The lowest BCUT2D eigenvalue weighted by Gasteiger charge is -2.21. The zero-order valence-corrected chi connectivity index (χ0v) is 6.78. The van der Waals surface area contributed by atoms with Gasteiger partial charge in [0.05, 0.1) is 12.7 Å². The minimum absolute atomic E-state index is 0.167. The largest absolute Gasteiger partial charge is 0.394 e. The van der Waals surface area contributed by atoms with Crippen molar-refractivity contribution >= 4 is 0 Å². The summed E-state index contributed by atoms with van der Waals surface area (Å²) in [5.74, 6) is -0.729. The fraction of sp³-hybridized carbons (Fsp3) is 1.00. The second kappa shape index (κ2) is 3.06. The van der Waals surface area contributed by atoms with Crippen molar-refractivity contribution in [1.82, 2.24) is 0 Å². The first kappa shape index (κ1) is 8.93. The van der Waals surface area contributed by atoms with Gasteiger partial charge in [0.25, 0.3) is 0 Å². The summed E-state index contributed by atoms with van der Waals surface area (Å²) < 4.78 is 10.2. The lowest BCUT2D eigenvalue weighted by Crippen LogP contribution is -2.28. The van der Waals surface area contributed by atoms with Crippen molar-refractivity contribution in [2.45, 2.75) is 31.3 Å². The summed E-state index contributed by atoms with van der Waals surface area (Å²) in [7, 11) is 1.52. The molecule has 0 radical (unpaired) electrons. The summed E-state index contributed by atoms with van der Waals surface area (Å²) in [6, 6.07) is 0. The molecular weight excluding hydrogens is 148 g/mol. The molecule has 0 aromatic carbocycles. The molecule has 4 heteroatoms. The highest BCUT2D eigenvalue weighted by Gasteiger charge is 2.42. The Morgan fingerprint density at radius 2 is 2.36 bits per heavy atom. The van der Waals surface area contributed by atoms with E-state index in [0.717, 1.165) is 0 Å². The summed E-state index contributed by atoms with van der Waals surface area (Å²) in [5.41, 5.74) is 0. The third-order valence-corrected chi connectivity index (χ3v) is 2.02. The van der Waals surface area contributed by atoms with Crippen LogP contribution in [-0.2, 0) is 9.47 Å². The molecule has 4 nitrogen and oxygen atoms in total. The van der Waals surface area contributed by atoms with Gasteiger partial charge >= 0.3 is 0 Å². The fourth-order valence-electron chi connectivity index (χ4n) is 1.25. The van der Waals surface area contributed by atoms with E-state index in [1.54, 1.807) is 6.92 Å². The van der Waals surface area contributed by atoms with Crippen LogP contribution in [0.1, 0.15) is 13.3 Å². The van der Waals surface area contributed by atoms with Gasteiger partial charge in [-0.15, -0.1) is 0 Å². The van der Waals surface area contributed by atoms with Crippen molar-refractivity contribution in [3.63, 3.8) is 0 Å². The fourth-order valence-corrected chi connectivity index (χ4v) is 1.25. The molecule has 1 unspecified atom stereocenters. The molecule has 66 valence electrons. The Hall–Kier alpha value is -0.160. The molecule has 0 aromatic rings. The Balaban J connectivity index is 2.55. The average molecular weight is 162 g/mol. The average Bonchev–Trinajstić information content (AvgIpc) is 2.27. The highest BCUT2D eigenvalue weighted by molar-refractivity contribution is 4.84. The maximum Gasteiger partial charge on any atom is 0.168 e. The van der Waals surface area contributed by atoms with E-state index >= 15 is 0 Å². The van der Waals surface area contributed by atoms with Crippen molar-refractivity contribution in [3.8, 4) is 0 Å². The SMILES string of the molecule is CO[C@@]1(C)CC(O)[C@H](CO)O1. The van der Waals surface area contributed by atoms with Gasteiger partial charge in [-0.05, 0) is 6.92 Å². The molecule has 0 amide bonds. The first-order valence-corrected chi connectivity index (χ1v) is 3.63. The van der Waals surface area contributed by atoms with E-state index < -0.39 is 18.0 Å². The van der Waals surface area contributed by atoms with Gasteiger partial charge in [0.2, 0.25) is 0 Å². The van der Waals surface area contributed by atoms with Crippen LogP contribution in [0.15, 0.2) is 0 Å². The van der Waals surface area contributed by atoms with Gasteiger partial charge < -0.3 is 19.7 Å². The molecule has 0 spiro atoms. The molecule has 0 bridgehead atoms. The second-order valence-corrected chi connectivity index (χ2v) is 2.95. The van der Waals surface area contributed by atoms with Gasteiger partial charge in [-0.25, -0.2) is 0 Å². The number of hydrogen-bond acceptors (Lipinski definition) is 4. The predicted octanol–water partition coefficient (Wildman–Crippen LogP) is -0.509. The zero-order chi connectivity index (χ0) is 8.48. The molecule has 1 aliphatic heterocycles. The van der Waals surface area contributed by atoms with Crippen LogP contribution in [0.25, 0.3) is 0 Å². The summed E-state index contributed by atoms with van der Waals surface area (Å²) in [5, 5.41) is 18.0. The molecule has 11 heavy (non-hydrogen) atoms. The minimum Gasteiger partial charge on any atom is -0.394 e. The molecule has 3 atom stereocenters. The van der Waals surface area contributed by atoms with Gasteiger partial charge in [-0.3, -0.25) is 0 Å². The van der Waals surface area contributed by atoms with Crippen molar-refractivity contribution in [1.29, 1.82) is 0 Å². The zero-order valence-electron chi connectivity index (χ0n) is 6.78. The Bertz CT molecular complexity index is 138. The summed E-state index contributed by atoms with van der Waals surface area (Å²) >= 11 is 0. The maximum atomic E-state index is 9.29. The Labute approximate surface area is 65.7 Å². The van der Waals surface area contributed by atoms with Crippen LogP contribution in [-0.4, -0.2) is 41.9 Å². The van der Waals surface area contributed by atoms with Crippen LogP contribution in [0.3, 0.4) is 0 Å². The Morgan fingerprint density at radius 3 is 2.64 bits per heavy atom. The molecule has 1 saturated heterocycles. The molecule has 1 rings (SSSR count). The van der Waals surface area contributed by atoms with Crippen LogP contribution >= 0.6 is 0 Å². The molecule has 0 aromatic heterocycles. The summed E-state index contributed by atoms with van der Waals surface area (Å²) in [4.78, 5) is 0. The molecule has 0 aliphatic carbocycles. The number of aliphatic hydroxyl groups excluding tert-OH is 2. The Morgan fingerprint density at radius 1 is 1.73 bits per heavy atom. The van der Waals surface area contributed by atoms with E-state index in [1.165, 1.54) is 7.11 Å². The molecule has 2 N–H and O–H groups in total. The molecule has 1 aliphatic rings. The topological polar surface area (TPSA) is 58.9 Å². The van der Waals surface area contributed by atoms with Crippen molar-refractivity contribution in [2.75, 3.05) is 13.7 Å². The van der Waals surface area contributed by atoms with Crippen molar-refractivity contribution < 1.29 is 19.7 Å². The van der Waals surface area contributed by atoms with Crippen molar-refractivity contribution in [2.24, 2.45) is 0 Å². The van der Waals surface area contributed by atoms with E-state index in [2.05, 4.69) is 0 Å². The van der Waals surface area contributed by atoms with Crippen LogP contribution in [0.2, 0.25) is 0 Å². The van der Waals surface area contributed by atoms with Crippen molar-refractivity contribution in [3.05, 3.63) is 0 Å². The Kier molecular flexibility index (Phi) is 2.49. The number of methoxy groups -OCH3 is 1. The van der Waals surface area contributed by atoms with Crippen LogP contribution in [0.4, 0.5) is 0 Å². The highest BCUT2D eigenvalue weighted by Crippen LogP contribution is 2.30. The third-order valence-electron chi connectivity index (χ3n) is 2.02. The summed E-state index contributed by atoms with van der Waals surface area (Å²) in [6.07, 6.45) is -0.709. The maximum absolute atomic E-state index is 9.29. The summed E-state index contributed by atoms with van der Waals surface area (Å²) in [6.45, 7) is 1.58. The van der Waals surface area contributed by atoms with E-state index in [9.17, 15) is 5.11 Å². The van der Waals surface area contributed by atoms with E-state index in [0.29, 0.717) is 6.42 Å².